The number of aliphatic carboxylic acids is 1. The van der Waals surface area contributed by atoms with Crippen LogP contribution in [-0.2, 0) is 63.8 Å². The molecule has 64 heavy (non-hydrogen) atoms. The Morgan fingerprint density at radius 2 is 1.23 bits per heavy atom. The van der Waals surface area contributed by atoms with Gasteiger partial charge in [0.15, 0.2) is 0 Å². The van der Waals surface area contributed by atoms with Crippen molar-refractivity contribution in [2.24, 2.45) is 17.6 Å². The molecule has 1 aromatic rings. The van der Waals surface area contributed by atoms with Crippen molar-refractivity contribution in [3.8, 4) is 0 Å². The van der Waals surface area contributed by atoms with E-state index in [1.807, 2.05) is 6.92 Å². The zero-order valence-electron chi connectivity index (χ0n) is 37.7. The predicted molar refractivity (Wildman–Crippen MR) is 232 cm³/mol. The molecule has 0 saturated carbocycles. The van der Waals surface area contributed by atoms with Gasteiger partial charge in [0.2, 0.25) is 23.6 Å². The van der Waals surface area contributed by atoms with E-state index in [-0.39, 0.29) is 70.5 Å². The minimum absolute atomic E-state index is 0.0191. The molecule has 0 radical (unpaired) electrons. The van der Waals surface area contributed by atoms with Crippen LogP contribution >= 0.6 is 0 Å². The van der Waals surface area contributed by atoms with Crippen LogP contribution in [0.4, 0.5) is 15.3 Å². The monoisotopic (exact) mass is 911 g/mol. The first-order valence-electron chi connectivity index (χ1n) is 21.5. The molecule has 0 aliphatic heterocycles. The second-order valence-electron chi connectivity index (χ2n) is 15.0. The number of carbonyl (C=O) groups excluding carboxylic acids is 7. The highest BCUT2D eigenvalue weighted by Gasteiger charge is 2.31. The number of urea groups is 1. The summed E-state index contributed by atoms with van der Waals surface area (Å²) in [6, 6.07) is 2.12. The van der Waals surface area contributed by atoms with Crippen molar-refractivity contribution in [2.75, 3.05) is 77.9 Å². The number of carbonyl (C=O) groups is 8. The minimum Gasteiger partial charge on any atom is -0.481 e. The van der Waals surface area contributed by atoms with Crippen molar-refractivity contribution in [3.63, 3.8) is 0 Å². The van der Waals surface area contributed by atoms with Gasteiger partial charge in [0.25, 0.3) is 0 Å². The second kappa shape index (κ2) is 33.9. The fourth-order valence-corrected chi connectivity index (χ4v) is 5.27. The molecule has 22 heteroatoms. The van der Waals surface area contributed by atoms with E-state index in [0.717, 1.165) is 6.42 Å². The van der Waals surface area contributed by atoms with Crippen LogP contribution in [0, 0.1) is 11.8 Å². The zero-order chi connectivity index (χ0) is 47.7. The number of anilines is 1. The fraction of sp³-hybridized carbons (Fsp3) is 0.667. The Balaban J connectivity index is 2.67. The number of alkyl carbamates (subject to hydrolysis) is 1. The summed E-state index contributed by atoms with van der Waals surface area (Å²) in [7, 11) is 0. The molecule has 0 spiro atoms. The number of carboxylic acids is 1. The van der Waals surface area contributed by atoms with Crippen LogP contribution in [0.1, 0.15) is 78.7 Å². The van der Waals surface area contributed by atoms with Crippen LogP contribution < -0.4 is 37.6 Å². The molecule has 0 aromatic heterocycles. The summed E-state index contributed by atoms with van der Waals surface area (Å²) >= 11 is 0. The number of primary amides is 1. The van der Waals surface area contributed by atoms with E-state index in [2.05, 4.69) is 31.9 Å². The number of esters is 1. The molecule has 0 unspecified atom stereocenters. The highest BCUT2D eigenvalue weighted by molar-refractivity contribution is 5.99. The van der Waals surface area contributed by atoms with Crippen LogP contribution in [0.25, 0.3) is 0 Å². The molecule has 3 atom stereocenters. The lowest BCUT2D eigenvalue weighted by atomic mass is 10.0. The van der Waals surface area contributed by atoms with Crippen molar-refractivity contribution in [1.29, 1.82) is 0 Å². The van der Waals surface area contributed by atoms with Gasteiger partial charge >= 0.3 is 24.1 Å². The lowest BCUT2D eigenvalue weighted by Gasteiger charge is -2.27. The molecule has 0 aliphatic carbocycles. The summed E-state index contributed by atoms with van der Waals surface area (Å²) in [6.45, 7) is 11.5. The first-order valence-corrected chi connectivity index (χ1v) is 21.5. The number of nitrogens with one attached hydrogen (secondary N) is 6. The summed E-state index contributed by atoms with van der Waals surface area (Å²) in [4.78, 5) is 99.3. The smallest absolute Gasteiger partial charge is 0.407 e. The third-order valence-corrected chi connectivity index (χ3v) is 8.76. The van der Waals surface area contributed by atoms with E-state index in [4.69, 9.17) is 34.2 Å². The van der Waals surface area contributed by atoms with Crippen LogP contribution in [0.2, 0.25) is 0 Å². The highest BCUT2D eigenvalue weighted by atomic mass is 16.6. The first-order chi connectivity index (χ1) is 30.5. The lowest BCUT2D eigenvalue weighted by molar-refractivity contribution is -0.148. The number of carboxylic acid groups (broad SMARTS) is 1. The Hall–Kier alpha value is -5.58. The lowest BCUT2D eigenvalue weighted by Crippen LogP contribution is -2.58. The van der Waals surface area contributed by atoms with Gasteiger partial charge in [-0.3, -0.25) is 28.8 Å². The van der Waals surface area contributed by atoms with Gasteiger partial charge in [0, 0.05) is 31.6 Å². The van der Waals surface area contributed by atoms with Gasteiger partial charge in [0.1, 0.15) is 24.7 Å². The quantitative estimate of drug-likeness (QED) is 0.0352. The van der Waals surface area contributed by atoms with Crippen molar-refractivity contribution in [1.82, 2.24) is 26.6 Å². The van der Waals surface area contributed by atoms with Crippen LogP contribution in [-0.4, -0.2) is 143 Å². The molecule has 9 N–H and O–H groups in total. The van der Waals surface area contributed by atoms with E-state index in [1.54, 1.807) is 52.0 Å². The second-order valence-corrected chi connectivity index (χ2v) is 15.0. The maximum atomic E-state index is 13.7. The average Bonchev–Trinajstić information content (AvgIpc) is 3.24. The third kappa shape index (κ3) is 27.5. The number of amides is 7. The van der Waals surface area contributed by atoms with E-state index in [1.165, 1.54) is 0 Å². The Morgan fingerprint density at radius 1 is 0.641 bits per heavy atom. The minimum atomic E-state index is -1.31. The topological polar surface area (TPSA) is 310 Å². The van der Waals surface area contributed by atoms with Crippen LogP contribution in [0.5, 0.6) is 0 Å². The molecule has 7 amide bonds. The molecule has 0 bridgehead atoms. The van der Waals surface area contributed by atoms with Crippen molar-refractivity contribution in [2.45, 2.75) is 97.9 Å². The average molecular weight is 912 g/mol. The molecular weight excluding hydrogens is 842 g/mol. The molecule has 362 valence electrons. The van der Waals surface area contributed by atoms with Crippen molar-refractivity contribution < 1.29 is 71.9 Å². The van der Waals surface area contributed by atoms with E-state index in [9.17, 15) is 43.5 Å². The Bertz CT molecular complexity index is 1580. The molecule has 1 rings (SSSR count). The van der Waals surface area contributed by atoms with Crippen molar-refractivity contribution in [3.05, 3.63) is 29.8 Å². The first kappa shape index (κ1) is 56.4. The van der Waals surface area contributed by atoms with Crippen LogP contribution in [0.3, 0.4) is 0 Å². The Labute approximate surface area is 374 Å². The Kier molecular flexibility index (Phi) is 29.9. The SMILES string of the molecule is CCCOC(=O)NCCOCCOCCOCCOCCC(=O)N[C@H](CCC(=O)O)C(=O)N[C@H](C(=O)N[C@@H](CCCNC(N)=O)C(=O)Nc1ccc(COC(=O)C(C)C)cc1)C(C)C. The summed E-state index contributed by atoms with van der Waals surface area (Å²) < 4.78 is 31.8. The molecule has 0 aliphatic rings. The summed E-state index contributed by atoms with van der Waals surface area (Å²) in [5.41, 5.74) is 6.24. The van der Waals surface area contributed by atoms with Gasteiger partial charge in [-0.1, -0.05) is 46.8 Å². The van der Waals surface area contributed by atoms with Gasteiger partial charge in [0.05, 0.1) is 65.4 Å². The van der Waals surface area contributed by atoms with E-state index >= 15 is 0 Å². The molecule has 1 aromatic carbocycles. The maximum Gasteiger partial charge on any atom is 0.407 e. The van der Waals surface area contributed by atoms with E-state index < -0.39 is 72.2 Å². The van der Waals surface area contributed by atoms with Gasteiger partial charge in [-0.25, -0.2) is 9.59 Å². The number of hydrogen-bond acceptors (Lipinski definition) is 14. The summed E-state index contributed by atoms with van der Waals surface area (Å²) in [5.74, 6) is -5.08. The number of rotatable bonds is 35. The molecule has 0 fully saturated rings. The molecule has 0 heterocycles. The molecule has 0 saturated heterocycles. The predicted octanol–water partition coefficient (Wildman–Crippen LogP) is 1.34. The summed E-state index contributed by atoms with van der Waals surface area (Å²) in [6.07, 6.45) is -0.314. The summed E-state index contributed by atoms with van der Waals surface area (Å²) in [5, 5.41) is 24.8. The molecular formula is C42H69N7O15. The van der Waals surface area contributed by atoms with E-state index in [0.29, 0.717) is 57.4 Å². The number of nitrogens with two attached hydrogens (primary N) is 1. The standard InChI is InChI=1S/C42H69N7O15/c1-6-18-63-42(58)45-17-20-60-22-24-62-26-25-61-23-21-59-19-15-34(50)47-33(13-14-35(51)52)38(54)49-36(28(2)3)39(55)48-32(8-7-16-44-41(43)57)37(53)46-31-11-9-30(10-12-31)27-64-40(56)29(4)5/h9-12,28-29,32-33,36H,6-8,13-27H2,1-5H3,(H,45,58)(H,46,53)(H,47,50)(H,48,55)(H,49,54)(H,51,52)(H3,43,44,57)/t32-,33+,36-/m0/s1. The van der Waals surface area contributed by atoms with Gasteiger partial charge < -0.3 is 71.2 Å². The van der Waals surface area contributed by atoms with Gasteiger partial charge in [-0.05, 0) is 49.3 Å². The normalized spacial score (nSPS) is 12.4. The van der Waals surface area contributed by atoms with Crippen LogP contribution in [0.15, 0.2) is 24.3 Å². The fourth-order valence-electron chi connectivity index (χ4n) is 5.27. The van der Waals surface area contributed by atoms with Gasteiger partial charge in [-0.2, -0.15) is 0 Å². The number of ether oxygens (including phenoxy) is 6. The Morgan fingerprint density at radius 3 is 1.80 bits per heavy atom. The highest BCUT2D eigenvalue weighted by Crippen LogP contribution is 2.14. The largest absolute Gasteiger partial charge is 0.481 e. The molecule has 22 nitrogen and oxygen atoms in total. The van der Waals surface area contributed by atoms with Crippen molar-refractivity contribution >= 4 is 53.4 Å². The zero-order valence-corrected chi connectivity index (χ0v) is 37.7. The number of benzene rings is 1. The third-order valence-electron chi connectivity index (χ3n) is 8.76. The number of hydrogen-bond donors (Lipinski definition) is 8. The maximum absolute atomic E-state index is 13.7. The van der Waals surface area contributed by atoms with Gasteiger partial charge in [-0.15, -0.1) is 0 Å².